The molecule has 0 radical (unpaired) electrons. The first-order valence-electron chi connectivity index (χ1n) is 8.69. The summed E-state index contributed by atoms with van der Waals surface area (Å²) in [5.74, 6) is 3.56. The number of hydrogen-bond acceptors (Lipinski definition) is 4. The highest BCUT2D eigenvalue weighted by atomic mass is 15.4. The third-order valence-corrected chi connectivity index (χ3v) is 4.54. The van der Waals surface area contributed by atoms with Gasteiger partial charge in [-0.1, -0.05) is 36.8 Å². The van der Waals surface area contributed by atoms with Gasteiger partial charge in [-0.2, -0.15) is 5.10 Å². The molecule has 24 heavy (non-hydrogen) atoms. The van der Waals surface area contributed by atoms with Crippen LogP contribution in [0, 0.1) is 6.92 Å². The minimum absolute atomic E-state index is 0.782. The Hall–Kier alpha value is -2.50. The molecule has 0 N–H and O–H groups in total. The van der Waals surface area contributed by atoms with E-state index in [1.54, 1.807) is 0 Å². The van der Waals surface area contributed by atoms with E-state index in [1.165, 1.54) is 24.8 Å². The van der Waals surface area contributed by atoms with Gasteiger partial charge in [0.25, 0.3) is 0 Å². The monoisotopic (exact) mass is 322 g/mol. The van der Waals surface area contributed by atoms with Gasteiger partial charge in [-0.25, -0.2) is 9.67 Å². The van der Waals surface area contributed by atoms with Gasteiger partial charge in [-0.3, -0.25) is 0 Å². The molecular formula is C18H22N6. The van der Waals surface area contributed by atoms with Gasteiger partial charge in [0.05, 0.1) is 0 Å². The molecule has 0 saturated carbocycles. The van der Waals surface area contributed by atoms with Gasteiger partial charge in [0.15, 0.2) is 5.82 Å². The normalized spacial score (nSPS) is 14.4. The van der Waals surface area contributed by atoms with Crippen molar-refractivity contribution in [3.63, 3.8) is 0 Å². The zero-order valence-electron chi connectivity index (χ0n) is 14.0. The van der Waals surface area contributed by atoms with E-state index in [0.717, 1.165) is 49.2 Å². The molecule has 124 valence electrons. The fraction of sp³-hybridized carbons (Fsp3) is 0.444. The molecule has 0 unspecified atom stereocenters. The Labute approximate surface area is 141 Å². The Bertz CT molecular complexity index is 817. The van der Waals surface area contributed by atoms with Crippen molar-refractivity contribution in [3.05, 3.63) is 47.5 Å². The van der Waals surface area contributed by atoms with Gasteiger partial charge in [0, 0.05) is 19.5 Å². The second-order valence-corrected chi connectivity index (χ2v) is 6.34. The average molecular weight is 322 g/mol. The zero-order valence-corrected chi connectivity index (χ0v) is 14.0. The van der Waals surface area contributed by atoms with E-state index in [4.69, 9.17) is 0 Å². The maximum atomic E-state index is 4.63. The highest BCUT2D eigenvalue weighted by Gasteiger charge is 2.20. The van der Waals surface area contributed by atoms with Crippen LogP contribution in [0.2, 0.25) is 0 Å². The number of aromatic nitrogens is 6. The van der Waals surface area contributed by atoms with Gasteiger partial charge in [-0.05, 0) is 31.7 Å². The Morgan fingerprint density at radius 1 is 1.00 bits per heavy atom. The smallest absolute Gasteiger partial charge is 0.201 e. The zero-order chi connectivity index (χ0) is 16.4. The van der Waals surface area contributed by atoms with Crippen molar-refractivity contribution in [2.45, 2.75) is 52.1 Å². The molecular weight excluding hydrogens is 300 g/mol. The highest BCUT2D eigenvalue weighted by Crippen LogP contribution is 2.21. The quantitative estimate of drug-likeness (QED) is 0.741. The lowest BCUT2D eigenvalue weighted by Gasteiger charge is -2.08. The fourth-order valence-electron chi connectivity index (χ4n) is 3.31. The van der Waals surface area contributed by atoms with Crippen molar-refractivity contribution in [1.82, 2.24) is 29.5 Å². The van der Waals surface area contributed by atoms with Crippen molar-refractivity contribution < 1.29 is 0 Å². The molecule has 3 heterocycles. The molecule has 2 aromatic heterocycles. The van der Waals surface area contributed by atoms with Crippen molar-refractivity contribution in [3.8, 4) is 11.6 Å². The Morgan fingerprint density at radius 3 is 2.75 bits per heavy atom. The molecule has 0 fully saturated rings. The van der Waals surface area contributed by atoms with Crippen molar-refractivity contribution in [1.29, 1.82) is 0 Å². The highest BCUT2D eigenvalue weighted by molar-refractivity contribution is 5.44. The summed E-state index contributed by atoms with van der Waals surface area (Å²) < 4.78 is 4.21. The maximum absolute atomic E-state index is 4.63. The minimum Gasteiger partial charge on any atom is -0.308 e. The number of benzene rings is 1. The lowest BCUT2D eigenvalue weighted by atomic mass is 10.1. The van der Waals surface area contributed by atoms with Crippen molar-refractivity contribution in [2.75, 3.05) is 0 Å². The van der Waals surface area contributed by atoms with Crippen LogP contribution in [-0.4, -0.2) is 29.5 Å². The van der Waals surface area contributed by atoms with E-state index in [-0.39, 0.29) is 0 Å². The van der Waals surface area contributed by atoms with Crippen LogP contribution in [0.1, 0.15) is 36.5 Å². The summed E-state index contributed by atoms with van der Waals surface area (Å²) in [5, 5.41) is 13.4. The first-order chi connectivity index (χ1) is 11.8. The van der Waals surface area contributed by atoms with Gasteiger partial charge in [-0.15, -0.1) is 10.2 Å². The summed E-state index contributed by atoms with van der Waals surface area (Å²) in [6.07, 6.45) is 5.55. The average Bonchev–Trinajstić information content (AvgIpc) is 3.08. The molecule has 0 bridgehead atoms. The predicted molar refractivity (Wildman–Crippen MR) is 91.5 cm³/mol. The molecule has 6 nitrogen and oxygen atoms in total. The molecule has 4 rings (SSSR count). The molecule has 1 aliphatic heterocycles. The molecule has 6 heteroatoms. The van der Waals surface area contributed by atoms with E-state index in [0.29, 0.717) is 0 Å². The van der Waals surface area contributed by atoms with Gasteiger partial charge < -0.3 is 4.57 Å². The number of nitrogens with zero attached hydrogens (tertiary/aromatic N) is 6. The molecule has 1 aliphatic rings. The SMILES string of the molecule is Cc1nc(-c2nnc3n2CCCCC3)n(CCc2ccccc2)n1. The fourth-order valence-corrected chi connectivity index (χ4v) is 3.31. The third kappa shape index (κ3) is 2.96. The van der Waals surface area contributed by atoms with E-state index in [9.17, 15) is 0 Å². The number of fused-ring (bicyclic) bond motifs is 1. The molecule has 1 aromatic carbocycles. The third-order valence-electron chi connectivity index (χ3n) is 4.54. The first kappa shape index (κ1) is 15.1. The largest absolute Gasteiger partial charge is 0.308 e. The van der Waals surface area contributed by atoms with Crippen LogP contribution < -0.4 is 0 Å². The number of rotatable bonds is 4. The molecule has 0 amide bonds. The molecule has 0 aliphatic carbocycles. The summed E-state index contributed by atoms with van der Waals surface area (Å²) in [5.41, 5.74) is 1.30. The van der Waals surface area contributed by atoms with Crippen LogP contribution in [0.5, 0.6) is 0 Å². The summed E-state index contributed by atoms with van der Waals surface area (Å²) in [6.45, 7) is 3.70. The topological polar surface area (TPSA) is 61.4 Å². The lowest BCUT2D eigenvalue weighted by molar-refractivity contribution is 0.599. The van der Waals surface area contributed by atoms with Crippen LogP contribution in [-0.2, 0) is 25.9 Å². The number of aryl methyl sites for hydroxylation is 4. The summed E-state index contributed by atoms with van der Waals surface area (Å²) >= 11 is 0. The molecule has 0 spiro atoms. The maximum Gasteiger partial charge on any atom is 0.201 e. The van der Waals surface area contributed by atoms with Crippen LogP contribution in [0.3, 0.4) is 0 Å². The van der Waals surface area contributed by atoms with Gasteiger partial charge in [0.2, 0.25) is 5.82 Å². The second kappa shape index (κ2) is 6.55. The predicted octanol–water partition coefficient (Wildman–Crippen LogP) is 2.81. The lowest BCUT2D eigenvalue weighted by Crippen LogP contribution is -2.10. The summed E-state index contributed by atoms with van der Waals surface area (Å²) in [4.78, 5) is 4.63. The van der Waals surface area contributed by atoms with E-state index < -0.39 is 0 Å². The van der Waals surface area contributed by atoms with E-state index in [1.807, 2.05) is 17.7 Å². The summed E-state index contributed by atoms with van der Waals surface area (Å²) in [7, 11) is 0. The van der Waals surface area contributed by atoms with Crippen molar-refractivity contribution in [2.24, 2.45) is 0 Å². The van der Waals surface area contributed by atoms with Crippen LogP contribution in [0.25, 0.3) is 11.6 Å². The van der Waals surface area contributed by atoms with Gasteiger partial charge in [0.1, 0.15) is 11.6 Å². The van der Waals surface area contributed by atoms with E-state index >= 15 is 0 Å². The van der Waals surface area contributed by atoms with E-state index in [2.05, 4.69) is 49.1 Å². The second-order valence-electron chi connectivity index (χ2n) is 6.34. The first-order valence-corrected chi connectivity index (χ1v) is 8.69. The Balaban J connectivity index is 1.63. The minimum atomic E-state index is 0.782. The van der Waals surface area contributed by atoms with Crippen LogP contribution in [0.4, 0.5) is 0 Å². The summed E-state index contributed by atoms with van der Waals surface area (Å²) in [6, 6.07) is 10.5. The Morgan fingerprint density at radius 2 is 1.88 bits per heavy atom. The van der Waals surface area contributed by atoms with Gasteiger partial charge >= 0.3 is 0 Å². The Kier molecular flexibility index (Phi) is 4.11. The molecule has 0 atom stereocenters. The van der Waals surface area contributed by atoms with Crippen molar-refractivity contribution >= 4 is 0 Å². The van der Waals surface area contributed by atoms with Crippen LogP contribution in [0.15, 0.2) is 30.3 Å². The van der Waals surface area contributed by atoms with Crippen LogP contribution >= 0.6 is 0 Å². The molecule has 0 saturated heterocycles. The standard InChI is InChI=1S/C18H22N6/c1-14-19-17(18-21-20-16-10-6-3-7-12-23(16)18)24(22-14)13-11-15-8-4-2-5-9-15/h2,4-5,8-9H,3,6-7,10-13H2,1H3. The molecule has 3 aromatic rings. The number of hydrogen-bond donors (Lipinski definition) is 0.